The van der Waals surface area contributed by atoms with E-state index >= 15 is 0 Å². The summed E-state index contributed by atoms with van der Waals surface area (Å²) >= 11 is 3.84. The zero-order valence-corrected chi connectivity index (χ0v) is 40.4. The van der Waals surface area contributed by atoms with E-state index in [9.17, 15) is 36.3 Å². The van der Waals surface area contributed by atoms with Gasteiger partial charge in [0.25, 0.3) is 0 Å². The van der Waals surface area contributed by atoms with Crippen LogP contribution in [0.15, 0.2) is 0 Å². The maximum absolute atomic E-state index is 12.3. The molecule has 53 heavy (non-hydrogen) atoms. The van der Waals surface area contributed by atoms with E-state index in [-0.39, 0.29) is 47.5 Å². The Morgan fingerprint density at radius 2 is 0.925 bits per heavy atom. The Bertz CT molecular complexity index is 1380. The molecule has 3 fully saturated rings. The minimum absolute atomic E-state index is 0.00366. The van der Waals surface area contributed by atoms with Gasteiger partial charge in [-0.15, -0.1) is 0 Å². The molecule has 3 saturated carbocycles. The second-order valence-corrected chi connectivity index (χ2v) is 25.2. The number of esters is 2. The summed E-state index contributed by atoms with van der Waals surface area (Å²) in [5, 5.41) is 9.35. The van der Waals surface area contributed by atoms with Crippen LogP contribution in [0.3, 0.4) is 0 Å². The first-order valence-corrected chi connectivity index (χ1v) is 27.6. The molecule has 0 saturated heterocycles. The molecule has 0 bridgehead atoms. The zero-order valence-electron chi connectivity index (χ0n) is 35.4. The van der Waals surface area contributed by atoms with Gasteiger partial charge in [0.15, 0.2) is 19.7 Å². The summed E-state index contributed by atoms with van der Waals surface area (Å²) in [7, 11) is -3.84. The van der Waals surface area contributed by atoms with Gasteiger partial charge in [-0.25, -0.2) is 16.8 Å². The van der Waals surface area contributed by atoms with Crippen LogP contribution >= 0.6 is 31.7 Å². The van der Waals surface area contributed by atoms with Crippen molar-refractivity contribution in [3.8, 4) is 0 Å². The fourth-order valence-corrected chi connectivity index (χ4v) is 11.1. The maximum atomic E-state index is 12.3. The average molecular weight is 963 g/mol. The Hall–Kier alpha value is -0.0256. The van der Waals surface area contributed by atoms with Crippen molar-refractivity contribution in [3.63, 3.8) is 0 Å². The number of carbonyl (C=O) groups excluding carboxylic acids is 2. The van der Waals surface area contributed by atoms with Crippen molar-refractivity contribution in [2.45, 2.75) is 173 Å². The third kappa shape index (κ3) is 16.4. The number of rotatable bonds is 9. The van der Waals surface area contributed by atoms with Crippen LogP contribution in [0.1, 0.15) is 159 Å². The zero-order chi connectivity index (χ0) is 42.3. The standard InChI is InChI=1S/C13H24O4S.C13H24O2S.C12H22O4S.HI.V.H/c1-12(2,3)18(15,16)10-13(11(14)17-4)8-6-5-7-9-13;1-12(2,3)16-10-13(11(14)15-4)8-6-5-7-9-13;1-11(2,3)17(15,16)9-12(10(13)14)7-5-4-6-8-12;;;/h5-10H2,1-4H3;5-10H2,1-4H3;4-9H2,1-3H3,(H,13,14);1H;;/q;;;;+1;/p-1/i;;;;;1+1. The molecule has 0 aromatic heterocycles. The van der Waals surface area contributed by atoms with Gasteiger partial charge in [-0.1, -0.05) is 78.6 Å². The number of ether oxygens (including phenoxy) is 2. The molecule has 0 atom stereocenters. The molecule has 3 aliphatic rings. The van der Waals surface area contributed by atoms with Crippen molar-refractivity contribution in [2.75, 3.05) is 31.5 Å². The van der Waals surface area contributed by atoms with Crippen LogP contribution in [0, 0.1) is 16.2 Å². The number of carbonyl (C=O) groups is 3. The van der Waals surface area contributed by atoms with Crippen LogP contribution in [0.2, 0.25) is 0 Å². The first kappa shape index (κ1) is 51.0. The number of aliphatic carboxylic acids is 1. The van der Waals surface area contributed by atoms with E-state index in [1.807, 2.05) is 31.7 Å². The average Bonchev–Trinajstić information content (AvgIpc) is 3.07. The first-order chi connectivity index (χ1) is 24.6. The molecular formula is C38H71IO10S3V. The van der Waals surface area contributed by atoms with Crippen LogP contribution in [0.5, 0.6) is 0 Å². The van der Waals surface area contributed by atoms with Gasteiger partial charge in [0.05, 0.1) is 51.5 Å². The quantitative estimate of drug-likeness (QED) is 0.174. The van der Waals surface area contributed by atoms with E-state index in [1.54, 1.807) is 41.5 Å². The molecule has 15 heteroatoms. The van der Waals surface area contributed by atoms with Gasteiger partial charge >= 0.3 is 52.6 Å². The second kappa shape index (κ2) is 22.2. The van der Waals surface area contributed by atoms with Crippen LogP contribution in [-0.4, -0.2) is 86.4 Å². The molecule has 3 rings (SSSR count). The number of hydrogen-bond acceptors (Lipinski definition) is 10. The molecular weight excluding hydrogens is 890 g/mol. The van der Waals surface area contributed by atoms with Gasteiger partial charge < -0.3 is 14.6 Å². The minimum atomic E-state index is -3.38. The molecule has 0 aromatic rings. The van der Waals surface area contributed by atoms with E-state index in [2.05, 4.69) is 20.8 Å². The number of carboxylic acid groups (broad SMARTS) is 1. The molecule has 0 amide bonds. The molecule has 0 heterocycles. The monoisotopic (exact) mass is 962 g/mol. The first-order valence-electron chi connectivity index (χ1n) is 19.3. The third-order valence-electron chi connectivity index (χ3n) is 10.7. The number of thioether (sulfide) groups is 1. The van der Waals surface area contributed by atoms with E-state index in [1.165, 1.54) is 33.5 Å². The fourth-order valence-electron chi connectivity index (χ4n) is 6.87. The Morgan fingerprint density at radius 3 is 1.21 bits per heavy atom. The molecule has 1 N–H and O–H groups in total. The summed E-state index contributed by atoms with van der Waals surface area (Å²) in [5.74, 6) is -0.720. The molecule has 0 aromatic carbocycles. The van der Waals surface area contributed by atoms with Gasteiger partial charge in [0.1, 0.15) is 0 Å². The van der Waals surface area contributed by atoms with Crippen LogP contribution in [0.4, 0.5) is 0 Å². The summed E-state index contributed by atoms with van der Waals surface area (Å²) in [5.41, 5.74) is -2.07. The van der Waals surface area contributed by atoms with E-state index in [4.69, 9.17) is 10.4 Å². The van der Waals surface area contributed by atoms with Crippen LogP contribution < -0.4 is 0 Å². The van der Waals surface area contributed by atoms with Gasteiger partial charge in [-0.3, -0.25) is 14.4 Å². The Kier molecular flexibility index (Phi) is 21.4. The Labute approximate surface area is 348 Å². The number of methoxy groups -OCH3 is 2. The summed E-state index contributed by atoms with van der Waals surface area (Å²) < 4.78 is 63.7. The van der Waals surface area contributed by atoms with Crippen LogP contribution in [-0.2, 0) is 57.4 Å². The molecule has 3 aliphatic carbocycles. The van der Waals surface area contributed by atoms with Crippen molar-refractivity contribution >= 4 is 69.3 Å². The summed E-state index contributed by atoms with van der Waals surface area (Å²) in [4.78, 5) is 35.4. The van der Waals surface area contributed by atoms with Gasteiger partial charge in [-0.05, 0) is 80.1 Å². The van der Waals surface area contributed by atoms with Crippen molar-refractivity contribution < 1.29 is 59.7 Å². The summed E-state index contributed by atoms with van der Waals surface area (Å²) in [6.07, 6.45) is 13.3. The van der Waals surface area contributed by atoms with Crippen molar-refractivity contribution in [1.29, 1.82) is 0.879 Å². The topological polar surface area (TPSA) is 158 Å². The number of sulfone groups is 2. The fraction of sp³-hybridized carbons (Fsp3) is 0.921. The van der Waals surface area contributed by atoms with Crippen LogP contribution in [0.25, 0.3) is 0 Å². The molecule has 0 radical (unpaired) electrons. The van der Waals surface area contributed by atoms with E-state index in [0.29, 0.717) is 25.7 Å². The Morgan fingerprint density at radius 1 is 0.642 bits per heavy atom. The number of hydrogen-bond donors (Lipinski definition) is 1. The SMILES string of the molecule is CC(C)(C)S(=O)(=O)CC1(C(=O)O)CCCCC1.COC(=O)C1(CS(=O)(=O)C(C)(C)C)CCCCC1.COC(=O)C1(CSC(C)(C)C)CCCCC1.[2H][V][I]. The van der Waals surface area contributed by atoms with E-state index in [0.717, 1.165) is 57.1 Å². The van der Waals surface area contributed by atoms with Gasteiger partial charge in [0.2, 0.25) is 0 Å². The predicted molar refractivity (Wildman–Crippen MR) is 223 cm³/mol. The molecule has 10 nitrogen and oxygen atoms in total. The van der Waals surface area contributed by atoms with Crippen molar-refractivity contribution in [1.82, 2.24) is 0 Å². The summed E-state index contributed by atoms with van der Waals surface area (Å²) in [6.45, 7) is 16.5. The Balaban J connectivity index is 0.000000752. The normalized spacial score (nSPS) is 20.2. The molecule has 0 unspecified atom stereocenters. The molecule has 313 valence electrons. The van der Waals surface area contributed by atoms with Crippen molar-refractivity contribution in [3.05, 3.63) is 0 Å². The van der Waals surface area contributed by atoms with Crippen molar-refractivity contribution in [2.24, 2.45) is 16.2 Å². The third-order valence-corrected chi connectivity index (χ3v) is 17.9. The number of halogens is 1. The number of carboxylic acids is 1. The van der Waals surface area contributed by atoms with Gasteiger partial charge in [0, 0.05) is 10.5 Å². The predicted octanol–water partition coefficient (Wildman–Crippen LogP) is 8.82. The molecule has 0 spiro atoms. The van der Waals surface area contributed by atoms with Gasteiger partial charge in [-0.2, -0.15) is 11.8 Å². The molecule has 0 aliphatic heterocycles. The second-order valence-electron chi connectivity index (χ2n) is 18.0. The summed E-state index contributed by atoms with van der Waals surface area (Å²) in [6, 6.07) is 0. The van der Waals surface area contributed by atoms with E-state index < -0.39 is 46.0 Å².